The second-order valence-corrected chi connectivity index (χ2v) is 5.76. The molecule has 1 aromatic rings. The van der Waals surface area contributed by atoms with Gasteiger partial charge in [0.2, 0.25) is 5.91 Å². The van der Waals surface area contributed by atoms with Gasteiger partial charge in [-0.2, -0.15) is 0 Å². The summed E-state index contributed by atoms with van der Waals surface area (Å²) in [6, 6.07) is 7.63. The number of hydrogen-bond acceptors (Lipinski definition) is 2. The summed E-state index contributed by atoms with van der Waals surface area (Å²) in [6.07, 6.45) is 4.65. The number of likely N-dealkylation sites (tertiary alicyclic amines) is 1. The van der Waals surface area contributed by atoms with Gasteiger partial charge in [-0.1, -0.05) is 28.1 Å². The Kier molecular flexibility index (Phi) is 4.95. The SMILES string of the molecule is O=C(O)C1CCCN(C(=O)/C=C/c2ccc(Br)cc2)C1. The molecule has 1 N–H and O–H groups in total. The van der Waals surface area contributed by atoms with Gasteiger partial charge < -0.3 is 10.0 Å². The number of hydrogen-bond donors (Lipinski definition) is 1. The van der Waals surface area contributed by atoms with Crippen LogP contribution < -0.4 is 0 Å². The van der Waals surface area contributed by atoms with Crippen LogP contribution in [0.4, 0.5) is 0 Å². The second-order valence-electron chi connectivity index (χ2n) is 4.85. The molecule has 0 bridgehead atoms. The Hall–Kier alpha value is -1.62. The summed E-state index contributed by atoms with van der Waals surface area (Å²) in [5, 5.41) is 9.01. The smallest absolute Gasteiger partial charge is 0.308 e. The number of nitrogens with zero attached hydrogens (tertiary/aromatic N) is 1. The summed E-state index contributed by atoms with van der Waals surface area (Å²) >= 11 is 3.35. The number of carboxylic acid groups (broad SMARTS) is 1. The average molecular weight is 338 g/mol. The number of halogens is 1. The topological polar surface area (TPSA) is 57.6 Å². The summed E-state index contributed by atoms with van der Waals surface area (Å²) in [6.45, 7) is 0.937. The van der Waals surface area contributed by atoms with Crippen LogP contribution in [0.25, 0.3) is 6.08 Å². The second kappa shape index (κ2) is 6.70. The van der Waals surface area contributed by atoms with Crippen molar-refractivity contribution in [1.82, 2.24) is 4.90 Å². The molecular formula is C15H16BrNO3. The van der Waals surface area contributed by atoms with Gasteiger partial charge in [-0.25, -0.2) is 0 Å². The van der Waals surface area contributed by atoms with E-state index >= 15 is 0 Å². The van der Waals surface area contributed by atoms with Crippen LogP contribution in [0.1, 0.15) is 18.4 Å². The van der Waals surface area contributed by atoms with E-state index < -0.39 is 11.9 Å². The quantitative estimate of drug-likeness (QED) is 0.863. The van der Waals surface area contributed by atoms with Crippen molar-refractivity contribution in [3.05, 3.63) is 40.4 Å². The fourth-order valence-corrected chi connectivity index (χ4v) is 2.49. The number of carbonyl (C=O) groups is 2. The highest BCUT2D eigenvalue weighted by Gasteiger charge is 2.26. The van der Waals surface area contributed by atoms with E-state index in [2.05, 4.69) is 15.9 Å². The lowest BCUT2D eigenvalue weighted by molar-refractivity contribution is -0.144. The third-order valence-electron chi connectivity index (χ3n) is 3.37. The van der Waals surface area contributed by atoms with Gasteiger partial charge in [0.25, 0.3) is 0 Å². The number of aliphatic carboxylic acids is 1. The Morgan fingerprint density at radius 1 is 1.30 bits per heavy atom. The zero-order valence-electron chi connectivity index (χ0n) is 11.0. The minimum Gasteiger partial charge on any atom is -0.481 e. The van der Waals surface area contributed by atoms with Crippen molar-refractivity contribution < 1.29 is 14.7 Å². The molecule has 1 saturated heterocycles. The molecule has 1 aliphatic heterocycles. The summed E-state index contributed by atoms with van der Waals surface area (Å²) in [5.74, 6) is -1.38. The Morgan fingerprint density at radius 2 is 2.00 bits per heavy atom. The van der Waals surface area contributed by atoms with Crippen LogP contribution >= 0.6 is 15.9 Å². The van der Waals surface area contributed by atoms with E-state index in [0.29, 0.717) is 19.5 Å². The molecule has 2 rings (SSSR count). The number of piperidine rings is 1. The molecule has 0 spiro atoms. The molecule has 0 saturated carbocycles. The first-order valence-electron chi connectivity index (χ1n) is 6.51. The average Bonchev–Trinajstić information content (AvgIpc) is 2.46. The van der Waals surface area contributed by atoms with E-state index in [0.717, 1.165) is 16.5 Å². The molecule has 4 nitrogen and oxygen atoms in total. The predicted octanol–water partition coefficient (Wildman–Crippen LogP) is 2.79. The highest BCUT2D eigenvalue weighted by molar-refractivity contribution is 9.10. The van der Waals surface area contributed by atoms with Crippen LogP contribution in [-0.2, 0) is 9.59 Å². The van der Waals surface area contributed by atoms with Gasteiger partial charge in [0, 0.05) is 23.6 Å². The van der Waals surface area contributed by atoms with Crippen molar-refractivity contribution >= 4 is 33.9 Å². The van der Waals surface area contributed by atoms with Crippen LogP contribution in [-0.4, -0.2) is 35.0 Å². The van der Waals surface area contributed by atoms with E-state index in [1.54, 1.807) is 11.0 Å². The predicted molar refractivity (Wildman–Crippen MR) is 80.1 cm³/mol. The zero-order valence-corrected chi connectivity index (χ0v) is 12.5. The maximum atomic E-state index is 12.0. The number of benzene rings is 1. The van der Waals surface area contributed by atoms with Crippen molar-refractivity contribution in [1.29, 1.82) is 0 Å². The fourth-order valence-electron chi connectivity index (χ4n) is 2.23. The number of rotatable bonds is 3. The van der Waals surface area contributed by atoms with Gasteiger partial charge in [0.1, 0.15) is 0 Å². The van der Waals surface area contributed by atoms with Crippen LogP contribution in [0, 0.1) is 5.92 Å². The molecular weight excluding hydrogens is 322 g/mol. The lowest BCUT2D eigenvalue weighted by Crippen LogP contribution is -2.41. The van der Waals surface area contributed by atoms with Gasteiger partial charge >= 0.3 is 5.97 Å². The van der Waals surface area contributed by atoms with Crippen LogP contribution in [0.3, 0.4) is 0 Å². The van der Waals surface area contributed by atoms with E-state index in [1.165, 1.54) is 6.08 Å². The van der Waals surface area contributed by atoms with Gasteiger partial charge in [0.05, 0.1) is 5.92 Å². The Labute approximate surface area is 126 Å². The van der Waals surface area contributed by atoms with Crippen LogP contribution in [0.15, 0.2) is 34.8 Å². The van der Waals surface area contributed by atoms with Crippen molar-refractivity contribution in [2.45, 2.75) is 12.8 Å². The molecule has 1 aliphatic rings. The van der Waals surface area contributed by atoms with E-state index in [9.17, 15) is 9.59 Å². The highest BCUT2D eigenvalue weighted by atomic mass is 79.9. The van der Waals surface area contributed by atoms with Crippen LogP contribution in [0.5, 0.6) is 0 Å². The standard InChI is InChI=1S/C15H16BrNO3/c16-13-6-3-11(4-7-13)5-8-14(18)17-9-1-2-12(10-17)15(19)20/h3-8,12H,1-2,9-10H2,(H,19,20)/b8-5+. The van der Waals surface area contributed by atoms with Crippen molar-refractivity contribution in [3.63, 3.8) is 0 Å². The highest BCUT2D eigenvalue weighted by Crippen LogP contribution is 2.17. The van der Waals surface area contributed by atoms with Crippen molar-refractivity contribution in [2.24, 2.45) is 5.92 Å². The molecule has 0 radical (unpaired) electrons. The van der Waals surface area contributed by atoms with Gasteiger partial charge in [-0.05, 0) is 36.6 Å². The monoisotopic (exact) mass is 337 g/mol. The van der Waals surface area contributed by atoms with Crippen molar-refractivity contribution in [2.75, 3.05) is 13.1 Å². The molecule has 0 aliphatic carbocycles. The minimum absolute atomic E-state index is 0.126. The zero-order chi connectivity index (χ0) is 14.5. The molecule has 5 heteroatoms. The molecule has 1 aromatic carbocycles. The molecule has 106 valence electrons. The largest absolute Gasteiger partial charge is 0.481 e. The fraction of sp³-hybridized carbons (Fsp3) is 0.333. The Morgan fingerprint density at radius 3 is 2.65 bits per heavy atom. The summed E-state index contributed by atoms with van der Waals surface area (Å²) in [4.78, 5) is 24.6. The molecule has 1 amide bonds. The first-order chi connectivity index (χ1) is 9.56. The third-order valence-corrected chi connectivity index (χ3v) is 3.90. The summed E-state index contributed by atoms with van der Waals surface area (Å²) in [7, 11) is 0. The maximum absolute atomic E-state index is 12.0. The summed E-state index contributed by atoms with van der Waals surface area (Å²) < 4.78 is 0.987. The lowest BCUT2D eigenvalue weighted by Gasteiger charge is -2.29. The molecule has 1 fully saturated rings. The van der Waals surface area contributed by atoms with Crippen LogP contribution in [0.2, 0.25) is 0 Å². The van der Waals surface area contributed by atoms with Crippen molar-refractivity contribution in [3.8, 4) is 0 Å². The minimum atomic E-state index is -0.820. The first-order valence-corrected chi connectivity index (χ1v) is 7.31. The molecule has 1 atom stereocenters. The maximum Gasteiger partial charge on any atom is 0.308 e. The number of amides is 1. The molecule has 0 aromatic heterocycles. The Bertz CT molecular complexity index is 524. The summed E-state index contributed by atoms with van der Waals surface area (Å²) in [5.41, 5.74) is 0.938. The molecule has 1 heterocycles. The third kappa shape index (κ3) is 3.93. The van der Waals surface area contributed by atoms with Gasteiger partial charge in [-0.3, -0.25) is 9.59 Å². The Balaban J connectivity index is 1.97. The van der Waals surface area contributed by atoms with E-state index in [4.69, 9.17) is 5.11 Å². The van der Waals surface area contributed by atoms with Gasteiger partial charge in [0.15, 0.2) is 0 Å². The van der Waals surface area contributed by atoms with Gasteiger partial charge in [-0.15, -0.1) is 0 Å². The lowest BCUT2D eigenvalue weighted by atomic mass is 9.98. The molecule has 20 heavy (non-hydrogen) atoms. The number of carboxylic acids is 1. The number of carbonyl (C=O) groups excluding carboxylic acids is 1. The normalized spacial score (nSPS) is 19.2. The van der Waals surface area contributed by atoms with E-state index in [-0.39, 0.29) is 5.91 Å². The first kappa shape index (κ1) is 14.8. The van der Waals surface area contributed by atoms with E-state index in [1.807, 2.05) is 24.3 Å². The molecule has 1 unspecified atom stereocenters.